The maximum Gasteiger partial charge on any atom is 0.252 e. The van der Waals surface area contributed by atoms with Crippen molar-refractivity contribution in [3.05, 3.63) is 28.8 Å². The van der Waals surface area contributed by atoms with Gasteiger partial charge >= 0.3 is 0 Å². The number of hydrogen-bond acceptors (Lipinski definition) is 4. The van der Waals surface area contributed by atoms with Crippen LogP contribution in [-0.2, 0) is 9.59 Å². The molecule has 6 nitrogen and oxygen atoms in total. The van der Waals surface area contributed by atoms with Gasteiger partial charge in [0, 0.05) is 19.2 Å². The van der Waals surface area contributed by atoms with E-state index in [9.17, 15) is 14.4 Å². The molecule has 0 unspecified atom stereocenters. The number of halogens is 1. The summed E-state index contributed by atoms with van der Waals surface area (Å²) < 4.78 is 0. The SMILES string of the molecule is CCC(=O)N[C@@H](CCSC)C(=O)Nc1ccc(Cl)c(C(=O)NC)c1. The Kier molecular flexibility index (Phi) is 8.63. The van der Waals surface area contributed by atoms with E-state index in [-0.39, 0.29) is 23.3 Å². The molecule has 1 rings (SSSR count). The summed E-state index contributed by atoms with van der Waals surface area (Å²) in [5, 5.41) is 8.23. The number of rotatable bonds is 8. The number of benzene rings is 1. The van der Waals surface area contributed by atoms with E-state index in [0.29, 0.717) is 23.6 Å². The number of anilines is 1. The molecule has 0 bridgehead atoms. The molecule has 24 heavy (non-hydrogen) atoms. The first-order valence-electron chi connectivity index (χ1n) is 7.53. The second-order valence-corrected chi connectivity index (χ2v) is 6.41. The van der Waals surface area contributed by atoms with Gasteiger partial charge in [0.25, 0.3) is 5.91 Å². The second kappa shape index (κ2) is 10.2. The molecule has 0 fully saturated rings. The molecule has 8 heteroatoms. The number of nitrogens with one attached hydrogen (secondary N) is 3. The number of carbonyl (C=O) groups is 3. The second-order valence-electron chi connectivity index (χ2n) is 5.02. The number of carbonyl (C=O) groups excluding carboxylic acids is 3. The molecular weight excluding hydrogens is 350 g/mol. The summed E-state index contributed by atoms with van der Waals surface area (Å²) in [5.41, 5.74) is 0.720. The van der Waals surface area contributed by atoms with Gasteiger partial charge in [-0.2, -0.15) is 11.8 Å². The van der Waals surface area contributed by atoms with Crippen LogP contribution in [0.4, 0.5) is 5.69 Å². The Balaban J connectivity index is 2.89. The highest BCUT2D eigenvalue weighted by Gasteiger charge is 2.20. The Morgan fingerprint density at radius 2 is 2.00 bits per heavy atom. The highest BCUT2D eigenvalue weighted by molar-refractivity contribution is 7.98. The van der Waals surface area contributed by atoms with Crippen molar-refractivity contribution in [1.82, 2.24) is 10.6 Å². The topological polar surface area (TPSA) is 87.3 Å². The van der Waals surface area contributed by atoms with Crippen LogP contribution in [-0.4, -0.2) is 42.8 Å². The lowest BCUT2D eigenvalue weighted by Crippen LogP contribution is -2.44. The molecule has 1 aromatic rings. The third kappa shape index (κ3) is 6.05. The lowest BCUT2D eigenvalue weighted by Gasteiger charge is -2.18. The molecule has 0 aliphatic heterocycles. The minimum Gasteiger partial charge on any atom is -0.355 e. The first-order chi connectivity index (χ1) is 11.4. The summed E-state index contributed by atoms with van der Waals surface area (Å²) in [5.74, 6) is -0.101. The smallest absolute Gasteiger partial charge is 0.252 e. The first-order valence-corrected chi connectivity index (χ1v) is 9.30. The third-order valence-corrected chi connectivity index (χ3v) is 4.26. The molecule has 0 aromatic heterocycles. The van der Waals surface area contributed by atoms with E-state index >= 15 is 0 Å². The van der Waals surface area contributed by atoms with E-state index in [1.54, 1.807) is 30.8 Å². The molecular formula is C16H22ClN3O3S. The molecule has 0 aliphatic carbocycles. The van der Waals surface area contributed by atoms with Crippen LogP contribution >= 0.6 is 23.4 Å². The molecule has 0 spiro atoms. The molecule has 1 atom stereocenters. The zero-order valence-electron chi connectivity index (χ0n) is 13.9. The number of hydrogen-bond donors (Lipinski definition) is 3. The van der Waals surface area contributed by atoms with E-state index in [0.717, 1.165) is 5.75 Å². The van der Waals surface area contributed by atoms with Crippen molar-refractivity contribution < 1.29 is 14.4 Å². The molecule has 1 aromatic carbocycles. The summed E-state index contributed by atoms with van der Waals surface area (Å²) in [6, 6.07) is 4.04. The van der Waals surface area contributed by atoms with Crippen LogP contribution in [0.2, 0.25) is 5.02 Å². The van der Waals surface area contributed by atoms with Crippen molar-refractivity contribution in [3.8, 4) is 0 Å². The average Bonchev–Trinajstić information content (AvgIpc) is 2.59. The maximum atomic E-state index is 12.4. The Hall–Kier alpha value is -1.73. The zero-order valence-corrected chi connectivity index (χ0v) is 15.5. The van der Waals surface area contributed by atoms with Crippen LogP contribution in [0, 0.1) is 0 Å². The van der Waals surface area contributed by atoms with Crippen LogP contribution < -0.4 is 16.0 Å². The van der Waals surface area contributed by atoms with Crippen molar-refractivity contribution >= 4 is 46.8 Å². The summed E-state index contributed by atoms with van der Waals surface area (Å²) in [6.45, 7) is 1.73. The number of amides is 3. The predicted octanol–water partition coefficient (Wildman–Crippen LogP) is 2.29. The van der Waals surface area contributed by atoms with Gasteiger partial charge in [-0.15, -0.1) is 0 Å². The van der Waals surface area contributed by atoms with Gasteiger partial charge in [0.15, 0.2) is 0 Å². The Labute approximate surface area is 151 Å². The van der Waals surface area contributed by atoms with Crippen molar-refractivity contribution in [2.45, 2.75) is 25.8 Å². The Morgan fingerprint density at radius 3 is 2.58 bits per heavy atom. The summed E-state index contributed by atoms with van der Waals surface area (Å²) in [4.78, 5) is 35.8. The fourth-order valence-corrected chi connectivity index (χ4v) is 2.62. The maximum absolute atomic E-state index is 12.4. The molecule has 0 saturated heterocycles. The quantitative estimate of drug-likeness (QED) is 0.654. The molecule has 0 heterocycles. The van der Waals surface area contributed by atoms with Gasteiger partial charge < -0.3 is 16.0 Å². The predicted molar refractivity (Wildman–Crippen MR) is 98.7 cm³/mol. The summed E-state index contributed by atoms with van der Waals surface area (Å²) >= 11 is 7.59. The molecule has 0 saturated carbocycles. The van der Waals surface area contributed by atoms with Gasteiger partial charge in [-0.05, 0) is 36.6 Å². The molecule has 0 aliphatic rings. The largest absolute Gasteiger partial charge is 0.355 e. The van der Waals surface area contributed by atoms with Crippen LogP contribution in [0.1, 0.15) is 30.1 Å². The van der Waals surface area contributed by atoms with Crippen LogP contribution in [0.5, 0.6) is 0 Å². The monoisotopic (exact) mass is 371 g/mol. The van der Waals surface area contributed by atoms with Gasteiger partial charge in [-0.25, -0.2) is 0 Å². The fraction of sp³-hybridized carbons (Fsp3) is 0.438. The zero-order chi connectivity index (χ0) is 18.1. The Morgan fingerprint density at radius 1 is 1.29 bits per heavy atom. The van der Waals surface area contributed by atoms with E-state index in [4.69, 9.17) is 11.6 Å². The van der Waals surface area contributed by atoms with E-state index in [1.807, 2.05) is 6.26 Å². The minimum absolute atomic E-state index is 0.182. The van der Waals surface area contributed by atoms with Gasteiger partial charge in [-0.3, -0.25) is 14.4 Å². The van der Waals surface area contributed by atoms with Gasteiger partial charge in [0.05, 0.1) is 10.6 Å². The van der Waals surface area contributed by atoms with E-state index in [2.05, 4.69) is 16.0 Å². The highest BCUT2D eigenvalue weighted by Crippen LogP contribution is 2.21. The molecule has 0 radical (unpaired) electrons. The van der Waals surface area contributed by atoms with Crippen LogP contribution in [0.3, 0.4) is 0 Å². The van der Waals surface area contributed by atoms with Gasteiger partial charge in [-0.1, -0.05) is 18.5 Å². The Bertz CT molecular complexity index is 610. The minimum atomic E-state index is -0.621. The van der Waals surface area contributed by atoms with Crippen molar-refractivity contribution in [3.63, 3.8) is 0 Å². The molecule has 3 N–H and O–H groups in total. The van der Waals surface area contributed by atoms with E-state index < -0.39 is 6.04 Å². The lowest BCUT2D eigenvalue weighted by molar-refractivity contribution is -0.126. The number of thioether (sulfide) groups is 1. The van der Waals surface area contributed by atoms with Crippen molar-refractivity contribution in [1.29, 1.82) is 0 Å². The van der Waals surface area contributed by atoms with Crippen molar-refractivity contribution in [2.24, 2.45) is 0 Å². The van der Waals surface area contributed by atoms with Crippen molar-refractivity contribution in [2.75, 3.05) is 24.4 Å². The fourth-order valence-electron chi connectivity index (χ4n) is 1.94. The van der Waals surface area contributed by atoms with Crippen LogP contribution in [0.15, 0.2) is 18.2 Å². The van der Waals surface area contributed by atoms with Crippen LogP contribution in [0.25, 0.3) is 0 Å². The highest BCUT2D eigenvalue weighted by atomic mass is 35.5. The first kappa shape index (κ1) is 20.3. The van der Waals surface area contributed by atoms with Gasteiger partial charge in [0.2, 0.25) is 11.8 Å². The average molecular weight is 372 g/mol. The van der Waals surface area contributed by atoms with Gasteiger partial charge in [0.1, 0.15) is 6.04 Å². The standard InChI is InChI=1S/C16H22ClN3O3S/c1-4-14(21)20-13(7-8-24-3)16(23)19-10-5-6-12(17)11(9-10)15(22)18-2/h5-6,9,13H,4,7-8H2,1-3H3,(H,18,22)(H,19,23)(H,20,21)/t13-/m0/s1. The normalized spacial score (nSPS) is 11.5. The van der Waals surface area contributed by atoms with E-state index in [1.165, 1.54) is 13.1 Å². The third-order valence-electron chi connectivity index (χ3n) is 3.29. The lowest BCUT2D eigenvalue weighted by atomic mass is 10.1. The summed E-state index contributed by atoms with van der Waals surface area (Å²) in [7, 11) is 1.50. The molecule has 3 amide bonds. The summed E-state index contributed by atoms with van der Waals surface area (Å²) in [6.07, 6.45) is 2.77. The molecule has 132 valence electrons.